The fraction of sp³-hybridized carbons (Fsp3) is 0.250. The molecule has 0 aliphatic carbocycles. The van der Waals surface area contributed by atoms with Gasteiger partial charge in [0.05, 0.1) is 6.61 Å². The van der Waals surface area contributed by atoms with Crippen molar-refractivity contribution in [2.75, 3.05) is 19.0 Å². The number of hydrogen-bond donors (Lipinski definition) is 1. The second-order valence-corrected chi connectivity index (χ2v) is 4.59. The first-order valence-corrected chi connectivity index (χ1v) is 6.58. The van der Waals surface area contributed by atoms with E-state index in [1.807, 2.05) is 44.3 Å². The molecule has 2 rings (SSSR count). The van der Waals surface area contributed by atoms with E-state index in [-0.39, 0.29) is 0 Å². The number of anilines is 1. The van der Waals surface area contributed by atoms with Crippen LogP contribution in [-0.4, -0.2) is 23.6 Å². The van der Waals surface area contributed by atoms with Gasteiger partial charge in [-0.25, -0.2) is 4.98 Å². The van der Waals surface area contributed by atoms with Crippen molar-refractivity contribution in [3.63, 3.8) is 0 Å². The van der Waals surface area contributed by atoms with Crippen molar-refractivity contribution >= 4 is 5.82 Å². The zero-order valence-corrected chi connectivity index (χ0v) is 11.9. The number of nitrogens with one attached hydrogen (secondary N) is 1. The summed E-state index contributed by atoms with van der Waals surface area (Å²) >= 11 is 0. The Balaban J connectivity index is 2.22. The van der Waals surface area contributed by atoms with Crippen molar-refractivity contribution in [3.05, 3.63) is 48.6 Å². The molecule has 4 nitrogen and oxygen atoms in total. The van der Waals surface area contributed by atoms with Gasteiger partial charge in [-0.3, -0.25) is 0 Å². The molecule has 1 aromatic carbocycles. The van der Waals surface area contributed by atoms with Gasteiger partial charge in [0.2, 0.25) is 5.88 Å². The lowest BCUT2D eigenvalue weighted by atomic mass is 10.2. The Morgan fingerprint density at radius 2 is 2.00 bits per heavy atom. The van der Waals surface area contributed by atoms with Crippen LogP contribution >= 0.6 is 0 Å². The van der Waals surface area contributed by atoms with E-state index in [0.717, 1.165) is 23.4 Å². The SMILES string of the molecule is C=C(C)CCOc1cc(NC)nc(-c2ccccc2)n1. The zero-order valence-electron chi connectivity index (χ0n) is 11.9. The van der Waals surface area contributed by atoms with Gasteiger partial charge in [0, 0.05) is 25.1 Å². The molecule has 0 saturated carbocycles. The minimum atomic E-state index is 0.573. The Labute approximate surface area is 119 Å². The summed E-state index contributed by atoms with van der Waals surface area (Å²) in [4.78, 5) is 8.89. The van der Waals surface area contributed by atoms with Gasteiger partial charge in [-0.05, 0) is 6.92 Å². The summed E-state index contributed by atoms with van der Waals surface area (Å²) in [5, 5.41) is 3.03. The molecule has 0 amide bonds. The number of hydrogen-bond acceptors (Lipinski definition) is 4. The van der Waals surface area contributed by atoms with Crippen LogP contribution in [0.15, 0.2) is 48.6 Å². The van der Waals surface area contributed by atoms with Crippen LogP contribution in [-0.2, 0) is 0 Å². The average Bonchev–Trinajstić information content (AvgIpc) is 2.47. The van der Waals surface area contributed by atoms with Crippen molar-refractivity contribution in [1.82, 2.24) is 9.97 Å². The molecule has 2 aromatic rings. The average molecular weight is 269 g/mol. The van der Waals surface area contributed by atoms with E-state index in [4.69, 9.17) is 4.74 Å². The lowest BCUT2D eigenvalue weighted by Gasteiger charge is -2.09. The van der Waals surface area contributed by atoms with Crippen molar-refractivity contribution in [1.29, 1.82) is 0 Å². The number of nitrogens with zero attached hydrogens (tertiary/aromatic N) is 2. The Bertz CT molecular complexity index is 582. The van der Waals surface area contributed by atoms with Crippen LogP contribution in [0.5, 0.6) is 5.88 Å². The molecule has 0 spiro atoms. The van der Waals surface area contributed by atoms with Crippen molar-refractivity contribution < 1.29 is 4.74 Å². The van der Waals surface area contributed by atoms with Gasteiger partial charge in [0.15, 0.2) is 5.82 Å². The second kappa shape index (κ2) is 6.70. The molecule has 20 heavy (non-hydrogen) atoms. The van der Waals surface area contributed by atoms with Crippen LogP contribution in [0.3, 0.4) is 0 Å². The highest BCUT2D eigenvalue weighted by Gasteiger charge is 2.06. The van der Waals surface area contributed by atoms with Gasteiger partial charge in [-0.2, -0.15) is 4.98 Å². The molecule has 104 valence electrons. The van der Waals surface area contributed by atoms with Gasteiger partial charge in [0.1, 0.15) is 5.82 Å². The van der Waals surface area contributed by atoms with Gasteiger partial charge >= 0.3 is 0 Å². The molecule has 4 heteroatoms. The smallest absolute Gasteiger partial charge is 0.219 e. The van der Waals surface area contributed by atoms with Crippen LogP contribution in [0.4, 0.5) is 5.82 Å². The van der Waals surface area contributed by atoms with Gasteiger partial charge in [-0.15, -0.1) is 6.58 Å². The van der Waals surface area contributed by atoms with E-state index in [1.165, 1.54) is 0 Å². The quantitative estimate of drug-likeness (QED) is 0.815. The third kappa shape index (κ3) is 3.82. The van der Waals surface area contributed by atoms with Gasteiger partial charge < -0.3 is 10.1 Å². The molecule has 0 saturated heterocycles. The van der Waals surface area contributed by atoms with E-state index in [9.17, 15) is 0 Å². The highest BCUT2D eigenvalue weighted by molar-refractivity contribution is 5.58. The number of rotatable bonds is 6. The van der Waals surface area contributed by atoms with Crippen LogP contribution in [0.1, 0.15) is 13.3 Å². The summed E-state index contributed by atoms with van der Waals surface area (Å²) in [6, 6.07) is 11.7. The third-order valence-electron chi connectivity index (χ3n) is 2.77. The zero-order chi connectivity index (χ0) is 14.4. The summed E-state index contributed by atoms with van der Waals surface area (Å²) < 4.78 is 5.67. The highest BCUT2D eigenvalue weighted by atomic mass is 16.5. The lowest BCUT2D eigenvalue weighted by Crippen LogP contribution is -2.03. The van der Waals surface area contributed by atoms with Crippen LogP contribution in [0.2, 0.25) is 0 Å². The van der Waals surface area contributed by atoms with Crippen molar-refractivity contribution in [2.45, 2.75) is 13.3 Å². The van der Waals surface area contributed by atoms with E-state index < -0.39 is 0 Å². The lowest BCUT2D eigenvalue weighted by molar-refractivity contribution is 0.309. The first kappa shape index (κ1) is 14.1. The molecule has 0 aliphatic heterocycles. The molecule has 0 radical (unpaired) electrons. The maximum absolute atomic E-state index is 5.67. The monoisotopic (exact) mass is 269 g/mol. The molecule has 0 unspecified atom stereocenters. The summed E-state index contributed by atoms with van der Waals surface area (Å²) in [5.74, 6) is 1.97. The van der Waals surface area contributed by atoms with E-state index in [1.54, 1.807) is 6.07 Å². The number of benzene rings is 1. The third-order valence-corrected chi connectivity index (χ3v) is 2.77. The minimum Gasteiger partial charge on any atom is -0.477 e. The Morgan fingerprint density at radius 1 is 1.25 bits per heavy atom. The molecule has 0 bridgehead atoms. The summed E-state index contributed by atoms with van der Waals surface area (Å²) in [6.07, 6.45) is 0.819. The van der Waals surface area contributed by atoms with Gasteiger partial charge in [-0.1, -0.05) is 35.9 Å². The van der Waals surface area contributed by atoms with Crippen LogP contribution in [0.25, 0.3) is 11.4 Å². The van der Waals surface area contributed by atoms with E-state index in [0.29, 0.717) is 18.3 Å². The molecule has 1 aromatic heterocycles. The van der Waals surface area contributed by atoms with E-state index in [2.05, 4.69) is 21.9 Å². The fourth-order valence-corrected chi connectivity index (χ4v) is 1.67. The molecular weight excluding hydrogens is 250 g/mol. The largest absolute Gasteiger partial charge is 0.477 e. The molecule has 1 N–H and O–H groups in total. The fourth-order valence-electron chi connectivity index (χ4n) is 1.67. The van der Waals surface area contributed by atoms with E-state index >= 15 is 0 Å². The van der Waals surface area contributed by atoms with Gasteiger partial charge in [0.25, 0.3) is 0 Å². The Kier molecular flexibility index (Phi) is 4.71. The minimum absolute atomic E-state index is 0.573. The Hall–Kier alpha value is -2.36. The molecule has 0 aliphatic rings. The first-order chi connectivity index (χ1) is 9.69. The number of ether oxygens (including phenoxy) is 1. The predicted molar refractivity (Wildman–Crippen MR) is 81.9 cm³/mol. The number of aromatic nitrogens is 2. The first-order valence-electron chi connectivity index (χ1n) is 6.58. The van der Waals surface area contributed by atoms with Crippen molar-refractivity contribution in [3.8, 4) is 17.3 Å². The summed E-state index contributed by atoms with van der Waals surface area (Å²) in [7, 11) is 1.83. The molecule has 0 atom stereocenters. The topological polar surface area (TPSA) is 47.0 Å². The summed E-state index contributed by atoms with van der Waals surface area (Å²) in [5.41, 5.74) is 2.06. The summed E-state index contributed by atoms with van der Waals surface area (Å²) in [6.45, 7) is 6.42. The second-order valence-electron chi connectivity index (χ2n) is 4.59. The van der Waals surface area contributed by atoms with Crippen molar-refractivity contribution in [2.24, 2.45) is 0 Å². The normalized spacial score (nSPS) is 10.1. The maximum Gasteiger partial charge on any atom is 0.219 e. The van der Waals surface area contributed by atoms with Crippen LogP contribution < -0.4 is 10.1 Å². The Morgan fingerprint density at radius 3 is 2.65 bits per heavy atom. The standard InChI is InChI=1S/C16H19N3O/c1-12(2)9-10-20-15-11-14(17-3)18-16(19-15)13-7-5-4-6-8-13/h4-8,11H,1,9-10H2,2-3H3,(H,17,18,19). The molecule has 1 heterocycles. The molecule has 0 fully saturated rings. The molecular formula is C16H19N3O. The maximum atomic E-state index is 5.67. The van der Waals surface area contributed by atoms with Crippen LogP contribution in [0, 0.1) is 0 Å². The predicted octanol–water partition coefficient (Wildman–Crippen LogP) is 3.53. The highest BCUT2D eigenvalue weighted by Crippen LogP contribution is 2.21.